The number of hydrogen-bond acceptors (Lipinski definition) is 2. The van der Waals surface area contributed by atoms with Gasteiger partial charge in [0.05, 0.1) is 0 Å². The standard InChI is InChI=1S/C16H18N2O3/c1-2-3-8-15(19)18-14(16(20)21)9-11-10-17-13-7-5-4-6-12(11)13/h2,4-7,10,14,17H,1,3,8-9H2,(H,18,19)(H,20,21)/t14-/m1/s1. The highest BCUT2D eigenvalue weighted by atomic mass is 16.4. The zero-order chi connectivity index (χ0) is 15.2. The Bertz CT molecular complexity index is 660. The molecule has 0 spiro atoms. The number of carbonyl (C=O) groups excluding carboxylic acids is 1. The molecule has 110 valence electrons. The summed E-state index contributed by atoms with van der Waals surface area (Å²) in [6.07, 6.45) is 4.46. The van der Waals surface area contributed by atoms with Crippen molar-refractivity contribution in [3.8, 4) is 0 Å². The molecule has 5 nitrogen and oxygen atoms in total. The van der Waals surface area contributed by atoms with E-state index in [0.29, 0.717) is 6.42 Å². The zero-order valence-electron chi connectivity index (χ0n) is 11.6. The molecule has 0 saturated carbocycles. The van der Waals surface area contributed by atoms with E-state index in [0.717, 1.165) is 16.5 Å². The predicted octanol–water partition coefficient (Wildman–Crippen LogP) is 2.25. The molecular weight excluding hydrogens is 268 g/mol. The van der Waals surface area contributed by atoms with E-state index < -0.39 is 12.0 Å². The Morgan fingerprint density at radius 2 is 2.14 bits per heavy atom. The summed E-state index contributed by atoms with van der Waals surface area (Å²) in [7, 11) is 0. The lowest BCUT2D eigenvalue weighted by Crippen LogP contribution is -2.42. The number of rotatable bonds is 7. The highest BCUT2D eigenvalue weighted by Crippen LogP contribution is 2.19. The molecule has 1 heterocycles. The molecule has 2 rings (SSSR count). The third-order valence-electron chi connectivity index (χ3n) is 3.31. The molecule has 1 amide bonds. The van der Waals surface area contributed by atoms with Crippen molar-refractivity contribution >= 4 is 22.8 Å². The van der Waals surface area contributed by atoms with Crippen LogP contribution in [0.2, 0.25) is 0 Å². The van der Waals surface area contributed by atoms with Crippen molar-refractivity contribution in [2.24, 2.45) is 0 Å². The fourth-order valence-corrected chi connectivity index (χ4v) is 2.22. The van der Waals surface area contributed by atoms with E-state index in [4.69, 9.17) is 0 Å². The fraction of sp³-hybridized carbons (Fsp3) is 0.250. The summed E-state index contributed by atoms with van der Waals surface area (Å²) < 4.78 is 0. The Hall–Kier alpha value is -2.56. The Morgan fingerprint density at radius 1 is 1.38 bits per heavy atom. The monoisotopic (exact) mass is 286 g/mol. The minimum atomic E-state index is -1.03. The number of carbonyl (C=O) groups is 2. The maximum absolute atomic E-state index is 11.7. The van der Waals surface area contributed by atoms with Crippen LogP contribution in [0.15, 0.2) is 43.1 Å². The van der Waals surface area contributed by atoms with E-state index in [1.54, 1.807) is 12.3 Å². The Morgan fingerprint density at radius 3 is 2.86 bits per heavy atom. The lowest BCUT2D eigenvalue weighted by atomic mass is 10.0. The minimum absolute atomic E-state index is 0.249. The molecule has 3 N–H and O–H groups in total. The summed E-state index contributed by atoms with van der Waals surface area (Å²) in [5.74, 6) is -1.31. The van der Waals surface area contributed by atoms with Crippen LogP contribution in [-0.2, 0) is 16.0 Å². The first kappa shape index (κ1) is 14.8. The smallest absolute Gasteiger partial charge is 0.326 e. The summed E-state index contributed by atoms with van der Waals surface area (Å²) in [5.41, 5.74) is 1.83. The van der Waals surface area contributed by atoms with E-state index in [9.17, 15) is 14.7 Å². The Balaban J connectivity index is 2.11. The average Bonchev–Trinajstić information content (AvgIpc) is 2.87. The van der Waals surface area contributed by atoms with Crippen LogP contribution in [0.3, 0.4) is 0 Å². The molecule has 21 heavy (non-hydrogen) atoms. The number of nitrogens with one attached hydrogen (secondary N) is 2. The van der Waals surface area contributed by atoms with Crippen LogP contribution < -0.4 is 5.32 Å². The lowest BCUT2D eigenvalue weighted by molar-refractivity contribution is -0.141. The first-order valence-corrected chi connectivity index (χ1v) is 6.80. The van der Waals surface area contributed by atoms with E-state index in [1.165, 1.54) is 0 Å². The number of para-hydroxylation sites is 1. The van der Waals surface area contributed by atoms with Crippen molar-refractivity contribution in [2.75, 3.05) is 0 Å². The maximum atomic E-state index is 11.7. The van der Waals surface area contributed by atoms with Gasteiger partial charge in [-0.1, -0.05) is 24.3 Å². The number of H-pyrrole nitrogens is 1. The molecule has 1 aromatic heterocycles. The van der Waals surface area contributed by atoms with Crippen molar-refractivity contribution in [2.45, 2.75) is 25.3 Å². The highest BCUT2D eigenvalue weighted by Gasteiger charge is 2.21. The van der Waals surface area contributed by atoms with Crippen molar-refractivity contribution in [1.82, 2.24) is 10.3 Å². The van der Waals surface area contributed by atoms with Gasteiger partial charge in [0.2, 0.25) is 5.91 Å². The van der Waals surface area contributed by atoms with E-state index in [1.807, 2.05) is 24.3 Å². The minimum Gasteiger partial charge on any atom is -0.480 e. The number of allylic oxidation sites excluding steroid dienone is 1. The summed E-state index contributed by atoms with van der Waals surface area (Å²) in [4.78, 5) is 26.1. The molecule has 0 aliphatic rings. The van der Waals surface area contributed by atoms with Crippen LogP contribution in [-0.4, -0.2) is 28.0 Å². The summed E-state index contributed by atoms with van der Waals surface area (Å²) in [6.45, 7) is 3.54. The topological polar surface area (TPSA) is 82.2 Å². The second kappa shape index (κ2) is 6.74. The molecule has 0 bridgehead atoms. The van der Waals surface area contributed by atoms with Gasteiger partial charge in [0.15, 0.2) is 0 Å². The number of aromatic amines is 1. The number of amides is 1. The maximum Gasteiger partial charge on any atom is 0.326 e. The van der Waals surface area contributed by atoms with Crippen LogP contribution in [0.4, 0.5) is 0 Å². The molecule has 0 aliphatic heterocycles. The number of hydrogen-bond donors (Lipinski definition) is 3. The highest BCUT2D eigenvalue weighted by molar-refractivity contribution is 5.86. The normalized spacial score (nSPS) is 12.0. The molecule has 0 unspecified atom stereocenters. The number of benzene rings is 1. The van der Waals surface area contributed by atoms with Gasteiger partial charge in [-0.3, -0.25) is 4.79 Å². The second-order valence-corrected chi connectivity index (χ2v) is 4.85. The summed E-state index contributed by atoms with van der Waals surface area (Å²) >= 11 is 0. The van der Waals surface area contributed by atoms with Gasteiger partial charge < -0.3 is 15.4 Å². The zero-order valence-corrected chi connectivity index (χ0v) is 11.6. The van der Waals surface area contributed by atoms with Gasteiger partial charge >= 0.3 is 5.97 Å². The van der Waals surface area contributed by atoms with Crippen molar-refractivity contribution in [3.63, 3.8) is 0 Å². The fourth-order valence-electron chi connectivity index (χ4n) is 2.22. The van der Waals surface area contributed by atoms with Crippen molar-refractivity contribution < 1.29 is 14.7 Å². The Kier molecular flexibility index (Phi) is 4.77. The van der Waals surface area contributed by atoms with Gasteiger partial charge in [0.25, 0.3) is 0 Å². The number of fused-ring (bicyclic) bond motifs is 1. The van der Waals surface area contributed by atoms with Crippen LogP contribution in [0.1, 0.15) is 18.4 Å². The molecule has 0 fully saturated rings. The molecule has 5 heteroatoms. The molecule has 0 radical (unpaired) electrons. The van der Waals surface area contributed by atoms with E-state index >= 15 is 0 Å². The number of carboxylic acids is 1. The third kappa shape index (κ3) is 3.72. The third-order valence-corrected chi connectivity index (χ3v) is 3.31. The first-order chi connectivity index (χ1) is 10.1. The summed E-state index contributed by atoms with van der Waals surface area (Å²) in [6, 6.07) is 6.74. The number of carboxylic acid groups (broad SMARTS) is 1. The van der Waals surface area contributed by atoms with Crippen molar-refractivity contribution in [1.29, 1.82) is 0 Å². The van der Waals surface area contributed by atoms with Gasteiger partial charge in [0.1, 0.15) is 6.04 Å². The molecule has 0 aliphatic carbocycles. The van der Waals surface area contributed by atoms with Gasteiger partial charge in [-0.25, -0.2) is 4.79 Å². The van der Waals surface area contributed by atoms with Crippen LogP contribution in [0.25, 0.3) is 10.9 Å². The van der Waals surface area contributed by atoms with E-state index in [2.05, 4.69) is 16.9 Å². The molecule has 1 atom stereocenters. The quantitative estimate of drug-likeness (QED) is 0.683. The number of aromatic nitrogens is 1. The molecular formula is C16H18N2O3. The summed E-state index contributed by atoms with van der Waals surface area (Å²) in [5, 5.41) is 12.8. The molecule has 1 aromatic carbocycles. The van der Waals surface area contributed by atoms with Crippen LogP contribution in [0, 0.1) is 0 Å². The van der Waals surface area contributed by atoms with Crippen LogP contribution in [0.5, 0.6) is 0 Å². The number of aliphatic carboxylic acids is 1. The SMILES string of the molecule is C=CCCC(=O)N[C@H](Cc1c[nH]c2ccccc12)C(=O)O. The van der Waals surface area contributed by atoms with Gasteiger partial charge in [-0.2, -0.15) is 0 Å². The van der Waals surface area contributed by atoms with E-state index in [-0.39, 0.29) is 18.7 Å². The van der Waals surface area contributed by atoms with Crippen molar-refractivity contribution in [3.05, 3.63) is 48.7 Å². The predicted molar refractivity (Wildman–Crippen MR) is 81.0 cm³/mol. The van der Waals surface area contributed by atoms with Crippen LogP contribution >= 0.6 is 0 Å². The Labute approximate surface area is 122 Å². The van der Waals surface area contributed by atoms with Gasteiger partial charge in [-0.15, -0.1) is 6.58 Å². The average molecular weight is 286 g/mol. The molecule has 2 aromatic rings. The second-order valence-electron chi connectivity index (χ2n) is 4.85. The van der Waals surface area contributed by atoms with Gasteiger partial charge in [-0.05, 0) is 18.1 Å². The largest absolute Gasteiger partial charge is 0.480 e. The lowest BCUT2D eigenvalue weighted by Gasteiger charge is -2.14. The van der Waals surface area contributed by atoms with Gasteiger partial charge in [0, 0.05) is 29.9 Å². The first-order valence-electron chi connectivity index (χ1n) is 6.80. The molecule has 0 saturated heterocycles.